The molecule has 1 fully saturated rings. The highest BCUT2D eigenvalue weighted by Crippen LogP contribution is 2.25. The van der Waals surface area contributed by atoms with Crippen molar-refractivity contribution in [3.05, 3.63) is 52.7 Å². The van der Waals surface area contributed by atoms with Crippen molar-refractivity contribution in [1.29, 1.82) is 0 Å². The molecule has 0 amide bonds. The molecule has 3 aromatic rings. The van der Waals surface area contributed by atoms with Crippen LogP contribution in [0.2, 0.25) is 0 Å². The summed E-state index contributed by atoms with van der Waals surface area (Å²) >= 11 is 3.31. The summed E-state index contributed by atoms with van der Waals surface area (Å²) in [4.78, 5) is 13.8. The molecule has 0 aliphatic carbocycles. The van der Waals surface area contributed by atoms with Crippen LogP contribution in [0.3, 0.4) is 0 Å². The van der Waals surface area contributed by atoms with E-state index in [9.17, 15) is 4.39 Å². The van der Waals surface area contributed by atoms with Crippen molar-refractivity contribution in [2.24, 2.45) is 0 Å². The lowest BCUT2D eigenvalue weighted by molar-refractivity contribution is 0.247. The number of anilines is 1. The summed E-state index contributed by atoms with van der Waals surface area (Å²) in [6, 6.07) is 6.53. The van der Waals surface area contributed by atoms with E-state index in [-0.39, 0.29) is 5.82 Å². The van der Waals surface area contributed by atoms with E-state index in [0.29, 0.717) is 0 Å². The van der Waals surface area contributed by atoms with Gasteiger partial charge in [-0.05, 0) is 24.3 Å². The Bertz CT molecular complexity index is 777. The van der Waals surface area contributed by atoms with Gasteiger partial charge in [0.25, 0.3) is 0 Å². The fraction of sp³-hybridized carbons (Fsp3) is 0.294. The van der Waals surface area contributed by atoms with Gasteiger partial charge >= 0.3 is 0 Å². The van der Waals surface area contributed by atoms with Crippen LogP contribution in [0.15, 0.2) is 41.2 Å². The highest BCUT2D eigenvalue weighted by Gasteiger charge is 2.19. The summed E-state index contributed by atoms with van der Waals surface area (Å²) in [6.07, 6.45) is 1.86. The molecule has 1 aromatic carbocycles. The van der Waals surface area contributed by atoms with Crippen molar-refractivity contribution in [3.63, 3.8) is 0 Å². The molecule has 2 aromatic heterocycles. The van der Waals surface area contributed by atoms with Crippen LogP contribution < -0.4 is 4.90 Å². The summed E-state index contributed by atoms with van der Waals surface area (Å²) in [6.45, 7) is 4.90. The Morgan fingerprint density at radius 3 is 2.54 bits per heavy atom. The van der Waals surface area contributed by atoms with Gasteiger partial charge in [0.15, 0.2) is 5.13 Å². The number of piperazine rings is 1. The monoisotopic (exact) mass is 360 g/mol. The highest BCUT2D eigenvalue weighted by atomic mass is 32.1. The topological polar surface area (TPSA) is 32.3 Å². The van der Waals surface area contributed by atoms with Crippen molar-refractivity contribution in [3.8, 4) is 10.6 Å². The maximum absolute atomic E-state index is 13.0. The Kier molecular flexibility index (Phi) is 4.55. The second-order valence-electron chi connectivity index (χ2n) is 5.73. The number of benzene rings is 1. The second kappa shape index (κ2) is 6.96. The lowest BCUT2D eigenvalue weighted by Crippen LogP contribution is -2.45. The molecule has 4 rings (SSSR count). The number of hydrogen-bond acceptors (Lipinski definition) is 6. The minimum absolute atomic E-state index is 0.214. The molecule has 0 radical (unpaired) electrons. The number of thiazole rings is 2. The molecular formula is C17H17FN4S2. The van der Waals surface area contributed by atoms with Gasteiger partial charge in [-0.2, -0.15) is 0 Å². The molecule has 0 saturated carbocycles. The summed E-state index contributed by atoms with van der Waals surface area (Å²) in [5.41, 5.74) is 2.06. The first-order chi connectivity index (χ1) is 11.8. The number of aromatic nitrogens is 2. The highest BCUT2D eigenvalue weighted by molar-refractivity contribution is 7.13. The third-order valence-corrected chi connectivity index (χ3v) is 5.86. The molecule has 1 aliphatic heterocycles. The standard InChI is InChI=1S/C17H17FN4S2/c18-14-3-1-13(2-4-14)16-20-15(12-24-16)11-21-6-8-22(9-7-21)17-19-5-10-23-17/h1-5,10,12H,6-9,11H2. The van der Waals surface area contributed by atoms with E-state index in [4.69, 9.17) is 4.98 Å². The SMILES string of the molecule is Fc1ccc(-c2nc(CN3CCN(c4nccs4)CC3)cs2)cc1. The van der Waals surface area contributed by atoms with E-state index in [1.165, 1.54) is 12.1 Å². The quantitative estimate of drug-likeness (QED) is 0.710. The number of halogens is 1. The molecule has 0 spiro atoms. The van der Waals surface area contributed by atoms with E-state index in [1.807, 2.05) is 11.6 Å². The molecule has 0 bridgehead atoms. The molecule has 1 saturated heterocycles. The first-order valence-corrected chi connectivity index (χ1v) is 9.61. The van der Waals surface area contributed by atoms with Crippen LogP contribution in [-0.2, 0) is 6.54 Å². The fourth-order valence-electron chi connectivity index (χ4n) is 2.80. The molecule has 7 heteroatoms. The molecule has 0 N–H and O–H groups in total. The van der Waals surface area contributed by atoms with E-state index in [2.05, 4.69) is 20.2 Å². The number of rotatable bonds is 4. The van der Waals surface area contributed by atoms with Gasteiger partial charge in [-0.1, -0.05) is 0 Å². The Morgan fingerprint density at radius 2 is 1.83 bits per heavy atom. The van der Waals surface area contributed by atoms with Gasteiger partial charge in [0.05, 0.1) is 5.69 Å². The zero-order valence-corrected chi connectivity index (χ0v) is 14.7. The largest absolute Gasteiger partial charge is 0.346 e. The summed E-state index contributed by atoms with van der Waals surface area (Å²) in [7, 11) is 0. The Labute approximate surface area is 148 Å². The maximum Gasteiger partial charge on any atom is 0.185 e. The van der Waals surface area contributed by atoms with Crippen LogP contribution in [0.1, 0.15) is 5.69 Å². The van der Waals surface area contributed by atoms with E-state index in [1.54, 1.807) is 34.8 Å². The van der Waals surface area contributed by atoms with Crippen LogP contribution in [-0.4, -0.2) is 41.0 Å². The Balaban J connectivity index is 1.36. The zero-order chi connectivity index (χ0) is 16.4. The molecule has 4 nitrogen and oxygen atoms in total. The van der Waals surface area contributed by atoms with E-state index >= 15 is 0 Å². The number of nitrogens with zero attached hydrogens (tertiary/aromatic N) is 4. The van der Waals surface area contributed by atoms with Gasteiger partial charge < -0.3 is 4.90 Å². The van der Waals surface area contributed by atoms with Crippen LogP contribution >= 0.6 is 22.7 Å². The predicted molar refractivity (Wildman–Crippen MR) is 97.1 cm³/mol. The average Bonchev–Trinajstić information content (AvgIpc) is 3.28. The number of hydrogen-bond donors (Lipinski definition) is 0. The molecule has 0 unspecified atom stereocenters. The average molecular weight is 360 g/mol. The predicted octanol–water partition coefficient (Wildman–Crippen LogP) is 3.73. The lowest BCUT2D eigenvalue weighted by Gasteiger charge is -2.34. The van der Waals surface area contributed by atoms with Crippen molar-refractivity contribution in [2.45, 2.75) is 6.54 Å². The van der Waals surface area contributed by atoms with E-state index < -0.39 is 0 Å². The smallest absolute Gasteiger partial charge is 0.185 e. The lowest BCUT2D eigenvalue weighted by atomic mass is 10.2. The third-order valence-electron chi connectivity index (χ3n) is 4.09. The first-order valence-electron chi connectivity index (χ1n) is 7.85. The molecule has 3 heterocycles. The molecule has 24 heavy (non-hydrogen) atoms. The minimum atomic E-state index is -0.214. The van der Waals surface area contributed by atoms with Gasteiger partial charge in [0.1, 0.15) is 10.8 Å². The van der Waals surface area contributed by atoms with Crippen LogP contribution in [0, 0.1) is 5.82 Å². The fourth-order valence-corrected chi connectivity index (χ4v) is 4.32. The van der Waals surface area contributed by atoms with Crippen molar-refractivity contribution in [2.75, 3.05) is 31.1 Å². The molecule has 1 aliphatic rings. The maximum atomic E-state index is 13.0. The molecule has 0 atom stereocenters. The van der Waals surface area contributed by atoms with Gasteiger partial charge in [-0.15, -0.1) is 22.7 Å². The first kappa shape index (κ1) is 15.7. The summed E-state index contributed by atoms with van der Waals surface area (Å²) in [5, 5.41) is 6.19. The molecule has 124 valence electrons. The zero-order valence-electron chi connectivity index (χ0n) is 13.1. The normalized spacial score (nSPS) is 15.8. The minimum Gasteiger partial charge on any atom is -0.346 e. The van der Waals surface area contributed by atoms with Crippen LogP contribution in [0.4, 0.5) is 9.52 Å². The van der Waals surface area contributed by atoms with E-state index in [0.717, 1.165) is 54.1 Å². The molecular weight excluding hydrogens is 343 g/mol. The Morgan fingerprint density at radius 1 is 1.04 bits per heavy atom. The van der Waals surface area contributed by atoms with Crippen molar-refractivity contribution >= 4 is 27.8 Å². The van der Waals surface area contributed by atoms with Gasteiger partial charge in [0.2, 0.25) is 0 Å². The van der Waals surface area contributed by atoms with Crippen molar-refractivity contribution in [1.82, 2.24) is 14.9 Å². The van der Waals surface area contributed by atoms with Gasteiger partial charge in [0, 0.05) is 55.2 Å². The second-order valence-corrected chi connectivity index (χ2v) is 7.46. The Hall–Kier alpha value is -1.83. The summed E-state index contributed by atoms with van der Waals surface area (Å²) < 4.78 is 13.0. The van der Waals surface area contributed by atoms with Crippen LogP contribution in [0.25, 0.3) is 10.6 Å². The van der Waals surface area contributed by atoms with Gasteiger partial charge in [-0.25, -0.2) is 14.4 Å². The third kappa shape index (κ3) is 3.48. The summed E-state index contributed by atoms with van der Waals surface area (Å²) in [5.74, 6) is -0.214. The van der Waals surface area contributed by atoms with Gasteiger partial charge in [-0.3, -0.25) is 4.90 Å². The van der Waals surface area contributed by atoms with Crippen molar-refractivity contribution < 1.29 is 4.39 Å². The van der Waals surface area contributed by atoms with Crippen LogP contribution in [0.5, 0.6) is 0 Å².